The standard InChI is InChI=1S/C21H16ClN7O2/c1-10-5-13(11(2)26-14-3-4-17(22)28-20(14)21(30)31)19-15(6-10)27-16(7-23)18(29-19)12-8-24-25-9-12/h3-6,8-9,11,26H,1-2H3,(H,24,25)(H,30,31)/t11-/m1/s1. The zero-order valence-electron chi connectivity index (χ0n) is 16.5. The molecule has 0 saturated carbocycles. The summed E-state index contributed by atoms with van der Waals surface area (Å²) in [5.74, 6) is -1.19. The summed E-state index contributed by atoms with van der Waals surface area (Å²) in [6.07, 6.45) is 3.22. The van der Waals surface area contributed by atoms with Crippen LogP contribution in [-0.4, -0.2) is 36.2 Å². The Hall–Kier alpha value is -4.03. The smallest absolute Gasteiger partial charge is 0.356 e. The Morgan fingerprint density at radius 3 is 2.77 bits per heavy atom. The van der Waals surface area contributed by atoms with E-state index in [9.17, 15) is 15.2 Å². The first-order chi connectivity index (χ1) is 14.9. The number of H-pyrrole nitrogens is 1. The fraction of sp³-hybridized carbons (Fsp3) is 0.143. The molecule has 4 aromatic rings. The largest absolute Gasteiger partial charge is 0.476 e. The van der Waals surface area contributed by atoms with Gasteiger partial charge in [-0.25, -0.2) is 19.7 Å². The molecule has 1 aromatic carbocycles. The van der Waals surface area contributed by atoms with E-state index < -0.39 is 5.97 Å². The molecular formula is C21H16ClN7O2. The number of pyridine rings is 1. The lowest BCUT2D eigenvalue weighted by Gasteiger charge is -2.19. The van der Waals surface area contributed by atoms with Crippen LogP contribution < -0.4 is 5.32 Å². The number of hydrogen-bond acceptors (Lipinski definition) is 7. The highest BCUT2D eigenvalue weighted by atomic mass is 35.5. The zero-order chi connectivity index (χ0) is 22.1. The van der Waals surface area contributed by atoms with Gasteiger partial charge in [-0.1, -0.05) is 17.7 Å². The SMILES string of the molecule is Cc1cc([C@@H](C)Nc2ccc(Cl)nc2C(=O)O)c2nc(-c3cn[nH]c3)c(C#N)nc2c1. The summed E-state index contributed by atoms with van der Waals surface area (Å²) < 4.78 is 0. The summed E-state index contributed by atoms with van der Waals surface area (Å²) in [7, 11) is 0. The average Bonchev–Trinajstić information content (AvgIpc) is 3.27. The Labute approximate surface area is 181 Å². The Balaban J connectivity index is 1.85. The van der Waals surface area contributed by atoms with Gasteiger partial charge < -0.3 is 10.4 Å². The molecule has 0 fully saturated rings. The predicted octanol–water partition coefficient (Wildman–Crippen LogP) is 4.12. The van der Waals surface area contributed by atoms with Gasteiger partial charge in [0.05, 0.1) is 29.0 Å². The number of halogens is 1. The first kappa shape index (κ1) is 20.3. The van der Waals surface area contributed by atoms with Crippen molar-refractivity contribution in [2.24, 2.45) is 0 Å². The molecule has 3 N–H and O–H groups in total. The van der Waals surface area contributed by atoms with Crippen LogP contribution in [0.4, 0.5) is 5.69 Å². The van der Waals surface area contributed by atoms with Gasteiger partial charge in [0.25, 0.3) is 0 Å². The number of benzene rings is 1. The summed E-state index contributed by atoms with van der Waals surface area (Å²) in [4.78, 5) is 24.7. The van der Waals surface area contributed by atoms with Crippen LogP contribution in [0.1, 0.15) is 40.3 Å². The third-order valence-corrected chi connectivity index (χ3v) is 4.93. The van der Waals surface area contributed by atoms with Gasteiger partial charge in [-0.2, -0.15) is 10.4 Å². The minimum Gasteiger partial charge on any atom is -0.476 e. The number of carboxylic acid groups (broad SMARTS) is 1. The topological polar surface area (TPSA) is 140 Å². The lowest BCUT2D eigenvalue weighted by molar-refractivity contribution is 0.0691. The third kappa shape index (κ3) is 3.89. The predicted molar refractivity (Wildman–Crippen MR) is 115 cm³/mol. The average molecular weight is 434 g/mol. The maximum absolute atomic E-state index is 11.6. The maximum atomic E-state index is 11.6. The van der Waals surface area contributed by atoms with E-state index >= 15 is 0 Å². The van der Waals surface area contributed by atoms with Gasteiger partial charge in [0.15, 0.2) is 11.4 Å². The second-order valence-electron chi connectivity index (χ2n) is 6.94. The molecule has 0 unspecified atom stereocenters. The van der Waals surface area contributed by atoms with Gasteiger partial charge in [-0.3, -0.25) is 5.10 Å². The number of rotatable bonds is 5. The van der Waals surface area contributed by atoms with Gasteiger partial charge in [-0.05, 0) is 37.6 Å². The Kier molecular flexibility index (Phi) is 5.23. The van der Waals surface area contributed by atoms with E-state index in [1.807, 2.05) is 26.0 Å². The molecule has 0 amide bonds. The van der Waals surface area contributed by atoms with E-state index in [1.54, 1.807) is 18.5 Å². The lowest BCUT2D eigenvalue weighted by atomic mass is 10.0. The molecule has 1 atom stereocenters. The van der Waals surface area contributed by atoms with E-state index in [-0.39, 0.29) is 22.6 Å². The van der Waals surface area contributed by atoms with Gasteiger partial charge in [0.1, 0.15) is 16.9 Å². The third-order valence-electron chi connectivity index (χ3n) is 4.72. The van der Waals surface area contributed by atoms with Gasteiger partial charge in [0, 0.05) is 17.3 Å². The van der Waals surface area contributed by atoms with E-state index in [0.717, 1.165) is 11.1 Å². The quantitative estimate of drug-likeness (QED) is 0.399. The van der Waals surface area contributed by atoms with E-state index in [2.05, 4.69) is 31.6 Å². The van der Waals surface area contributed by atoms with Gasteiger partial charge in [-0.15, -0.1) is 0 Å². The van der Waals surface area contributed by atoms with Crippen LogP contribution in [0.2, 0.25) is 5.15 Å². The molecule has 0 radical (unpaired) electrons. The Bertz CT molecular complexity index is 1350. The summed E-state index contributed by atoms with van der Waals surface area (Å²) in [5.41, 5.74) is 4.31. The van der Waals surface area contributed by atoms with Crippen LogP contribution in [0.5, 0.6) is 0 Å². The summed E-state index contributed by atoms with van der Waals surface area (Å²) in [6.45, 7) is 3.80. The van der Waals surface area contributed by atoms with E-state index in [4.69, 9.17) is 16.6 Å². The number of hydrogen-bond donors (Lipinski definition) is 3. The zero-order valence-corrected chi connectivity index (χ0v) is 17.3. The number of nitrogens with one attached hydrogen (secondary N) is 2. The number of anilines is 1. The molecule has 154 valence electrons. The molecule has 0 bridgehead atoms. The van der Waals surface area contributed by atoms with Gasteiger partial charge in [0.2, 0.25) is 0 Å². The highest BCUT2D eigenvalue weighted by molar-refractivity contribution is 6.29. The molecule has 0 aliphatic carbocycles. The van der Waals surface area contributed by atoms with Crippen LogP contribution in [0.3, 0.4) is 0 Å². The van der Waals surface area contributed by atoms with Crippen LogP contribution in [0.25, 0.3) is 22.3 Å². The number of nitrogens with zero attached hydrogens (tertiary/aromatic N) is 5. The number of fused-ring (bicyclic) bond motifs is 1. The molecule has 31 heavy (non-hydrogen) atoms. The summed E-state index contributed by atoms with van der Waals surface area (Å²) in [5, 5.41) is 28.9. The molecule has 0 saturated heterocycles. The van der Waals surface area contributed by atoms with E-state index in [0.29, 0.717) is 28.0 Å². The fourth-order valence-electron chi connectivity index (χ4n) is 3.35. The molecule has 0 aliphatic heterocycles. The van der Waals surface area contributed by atoms with Crippen molar-refractivity contribution in [2.45, 2.75) is 19.9 Å². The van der Waals surface area contributed by atoms with Crippen molar-refractivity contribution in [1.82, 2.24) is 25.1 Å². The highest BCUT2D eigenvalue weighted by Gasteiger charge is 2.20. The summed E-state index contributed by atoms with van der Waals surface area (Å²) >= 11 is 5.85. The highest BCUT2D eigenvalue weighted by Crippen LogP contribution is 2.30. The van der Waals surface area contributed by atoms with Crippen LogP contribution in [-0.2, 0) is 0 Å². The van der Waals surface area contributed by atoms with Crippen molar-refractivity contribution in [3.8, 4) is 17.3 Å². The van der Waals surface area contributed by atoms with Crippen molar-refractivity contribution in [2.75, 3.05) is 5.32 Å². The van der Waals surface area contributed by atoms with Crippen molar-refractivity contribution >= 4 is 34.3 Å². The molecule has 4 rings (SSSR count). The van der Waals surface area contributed by atoms with E-state index in [1.165, 1.54) is 6.07 Å². The van der Waals surface area contributed by atoms with Crippen LogP contribution >= 0.6 is 11.6 Å². The second-order valence-corrected chi connectivity index (χ2v) is 7.33. The molecule has 3 heterocycles. The first-order valence-electron chi connectivity index (χ1n) is 9.25. The number of carboxylic acids is 1. The number of aryl methyl sites for hydroxylation is 1. The minimum absolute atomic E-state index is 0.0938. The Morgan fingerprint density at radius 2 is 2.10 bits per heavy atom. The van der Waals surface area contributed by atoms with Crippen LogP contribution in [0, 0.1) is 18.3 Å². The van der Waals surface area contributed by atoms with Gasteiger partial charge >= 0.3 is 5.97 Å². The fourth-order valence-corrected chi connectivity index (χ4v) is 3.50. The monoisotopic (exact) mass is 433 g/mol. The minimum atomic E-state index is -1.19. The molecule has 0 aliphatic rings. The van der Waals surface area contributed by atoms with Crippen molar-refractivity contribution < 1.29 is 9.90 Å². The maximum Gasteiger partial charge on any atom is 0.356 e. The molecule has 3 aromatic heterocycles. The lowest BCUT2D eigenvalue weighted by Crippen LogP contribution is -2.13. The normalized spacial score (nSPS) is 11.8. The molecular weight excluding hydrogens is 418 g/mol. The van der Waals surface area contributed by atoms with Crippen LogP contribution in [0.15, 0.2) is 36.7 Å². The van der Waals surface area contributed by atoms with Crippen molar-refractivity contribution in [3.63, 3.8) is 0 Å². The number of aromatic carboxylic acids is 1. The number of carbonyl (C=O) groups is 1. The summed E-state index contributed by atoms with van der Waals surface area (Å²) in [6, 6.07) is 8.64. The molecule has 10 heteroatoms. The molecule has 9 nitrogen and oxygen atoms in total. The van der Waals surface area contributed by atoms with Crippen molar-refractivity contribution in [3.05, 3.63) is 64.3 Å². The number of aromatic nitrogens is 5. The number of nitriles is 1. The number of aromatic amines is 1. The van der Waals surface area contributed by atoms with Crippen molar-refractivity contribution in [1.29, 1.82) is 5.26 Å². The second kappa shape index (κ2) is 8.01. The Morgan fingerprint density at radius 1 is 1.29 bits per heavy atom. The first-order valence-corrected chi connectivity index (χ1v) is 9.63. The molecule has 0 spiro atoms.